The molecule has 2 aliphatic rings. The number of piperidine rings is 1. The van der Waals surface area contributed by atoms with E-state index in [4.69, 9.17) is 9.73 Å². The number of ether oxygens (including phenoxy) is 1. The Labute approximate surface area is 183 Å². The summed E-state index contributed by atoms with van der Waals surface area (Å²) in [6, 6.07) is -0.149. The van der Waals surface area contributed by atoms with Crippen molar-refractivity contribution < 1.29 is 14.5 Å². The van der Waals surface area contributed by atoms with Crippen LogP contribution in [0.3, 0.4) is 0 Å². The maximum atomic E-state index is 12.2. The molecule has 31 heavy (non-hydrogen) atoms. The number of hydrogen-bond donors (Lipinski definition) is 1. The van der Waals surface area contributed by atoms with Gasteiger partial charge in [-0.1, -0.05) is 20.8 Å². The number of nitro groups is 1. The number of carbonyl (C=O) groups excluding carboxylic acids is 1. The molecule has 3 rings (SSSR count). The molecule has 1 N–H and O–H groups in total. The molecule has 1 saturated heterocycles. The van der Waals surface area contributed by atoms with E-state index in [0.29, 0.717) is 31.0 Å². The third-order valence-corrected chi connectivity index (χ3v) is 5.48. The summed E-state index contributed by atoms with van der Waals surface area (Å²) in [5.41, 5.74) is 1.79. The summed E-state index contributed by atoms with van der Waals surface area (Å²) in [6.45, 7) is 12.9. The van der Waals surface area contributed by atoms with Gasteiger partial charge in [-0.05, 0) is 46.5 Å². The van der Waals surface area contributed by atoms with Crippen molar-refractivity contribution in [1.29, 1.82) is 0 Å². The zero-order chi connectivity index (χ0) is 23.0. The zero-order valence-electron chi connectivity index (χ0n) is 19.3. The minimum absolute atomic E-state index is 0.00826. The maximum Gasteiger partial charge on any atom is 0.407 e. The molecule has 9 heteroatoms. The molecule has 1 aromatic heterocycles. The smallest absolute Gasteiger partial charge is 0.407 e. The molecule has 0 bridgehead atoms. The van der Waals surface area contributed by atoms with E-state index >= 15 is 0 Å². The molecule has 1 atom stereocenters. The fourth-order valence-corrected chi connectivity index (χ4v) is 4.08. The first-order chi connectivity index (χ1) is 14.3. The van der Waals surface area contributed by atoms with Crippen LogP contribution in [0, 0.1) is 15.5 Å². The molecule has 1 fully saturated rings. The average molecular weight is 432 g/mol. The molecular weight excluding hydrogens is 398 g/mol. The Morgan fingerprint density at radius 1 is 1.26 bits per heavy atom. The molecule has 170 valence electrons. The first kappa shape index (κ1) is 23.0. The van der Waals surface area contributed by atoms with Crippen LogP contribution in [0.4, 0.5) is 22.0 Å². The van der Waals surface area contributed by atoms with Crippen molar-refractivity contribution in [2.24, 2.45) is 10.4 Å². The van der Waals surface area contributed by atoms with Gasteiger partial charge in [-0.25, -0.2) is 14.8 Å². The standard InChI is InChI=1S/C22H33N5O4/c1-21(2,3)17-10-9-15-18(16(27(29)30)12-23-19(15)25-17)26-11-7-8-14(13-26)24-20(28)31-22(4,5)6/h12,14H,7-11,13H2,1-6H3,(H,24,28)/t14-/m0/s1. The van der Waals surface area contributed by atoms with Gasteiger partial charge < -0.3 is 15.0 Å². The van der Waals surface area contributed by atoms with Crippen molar-refractivity contribution in [2.75, 3.05) is 18.0 Å². The molecule has 2 aliphatic heterocycles. The molecule has 1 amide bonds. The predicted octanol–water partition coefficient (Wildman–Crippen LogP) is 4.55. The van der Waals surface area contributed by atoms with Gasteiger partial charge in [-0.2, -0.15) is 0 Å². The van der Waals surface area contributed by atoms with Gasteiger partial charge in [0.05, 0.1) is 4.92 Å². The number of anilines is 1. The number of nitrogens with zero attached hydrogens (tertiary/aromatic N) is 4. The van der Waals surface area contributed by atoms with E-state index in [0.717, 1.165) is 30.5 Å². The lowest BCUT2D eigenvalue weighted by Crippen LogP contribution is -2.49. The summed E-state index contributed by atoms with van der Waals surface area (Å²) in [7, 11) is 0. The van der Waals surface area contributed by atoms with Gasteiger partial charge in [0.1, 0.15) is 17.5 Å². The fourth-order valence-electron chi connectivity index (χ4n) is 4.08. The summed E-state index contributed by atoms with van der Waals surface area (Å²) < 4.78 is 5.37. The quantitative estimate of drug-likeness (QED) is 0.555. The SMILES string of the molecule is CC(C)(C)OC(=O)N[C@H]1CCCN(c2c([N+](=O)[O-])cnc3c2CCC(C(C)(C)C)=N3)C1. The van der Waals surface area contributed by atoms with E-state index in [1.54, 1.807) is 0 Å². The lowest BCUT2D eigenvalue weighted by molar-refractivity contribution is -0.384. The van der Waals surface area contributed by atoms with Gasteiger partial charge in [-0.15, -0.1) is 0 Å². The van der Waals surface area contributed by atoms with Crippen molar-refractivity contribution in [3.8, 4) is 0 Å². The minimum Gasteiger partial charge on any atom is -0.444 e. The van der Waals surface area contributed by atoms with Crippen LogP contribution < -0.4 is 10.2 Å². The molecule has 0 radical (unpaired) electrons. The highest BCUT2D eigenvalue weighted by molar-refractivity contribution is 5.94. The monoisotopic (exact) mass is 431 g/mol. The molecule has 0 aliphatic carbocycles. The van der Waals surface area contributed by atoms with Crippen LogP contribution in [-0.4, -0.2) is 46.4 Å². The average Bonchev–Trinajstić information content (AvgIpc) is 2.64. The molecule has 9 nitrogen and oxygen atoms in total. The number of rotatable bonds is 3. The molecule has 0 saturated carbocycles. The summed E-state index contributed by atoms with van der Waals surface area (Å²) >= 11 is 0. The first-order valence-corrected chi connectivity index (χ1v) is 10.8. The normalized spacial score (nSPS) is 19.4. The number of hydrogen-bond acceptors (Lipinski definition) is 7. The van der Waals surface area contributed by atoms with Crippen LogP contribution in [0.1, 0.15) is 66.4 Å². The molecule has 0 spiro atoms. The number of aliphatic imine (C=N–C) groups is 1. The van der Waals surface area contributed by atoms with Crippen molar-refractivity contribution >= 4 is 29.0 Å². The number of carbonyl (C=O) groups is 1. The lowest BCUT2D eigenvalue weighted by atomic mass is 9.84. The number of aromatic nitrogens is 1. The molecule has 1 aromatic rings. The summed E-state index contributed by atoms with van der Waals surface area (Å²) in [5, 5.41) is 14.7. The van der Waals surface area contributed by atoms with E-state index in [2.05, 4.69) is 31.1 Å². The Balaban J connectivity index is 1.90. The number of nitrogens with one attached hydrogen (secondary N) is 1. The van der Waals surface area contributed by atoms with Crippen molar-refractivity contribution in [3.63, 3.8) is 0 Å². The van der Waals surface area contributed by atoms with E-state index in [1.807, 2.05) is 25.7 Å². The number of alkyl carbamates (subject to hydrolysis) is 1. The van der Waals surface area contributed by atoms with E-state index in [-0.39, 0.29) is 22.1 Å². The third-order valence-electron chi connectivity index (χ3n) is 5.48. The highest BCUT2D eigenvalue weighted by Crippen LogP contribution is 2.41. The van der Waals surface area contributed by atoms with Crippen LogP contribution in [0.2, 0.25) is 0 Å². The highest BCUT2D eigenvalue weighted by atomic mass is 16.6. The second-order valence-electron chi connectivity index (χ2n) is 10.3. The number of amides is 1. The number of pyridine rings is 1. The molecule has 0 aromatic carbocycles. The summed E-state index contributed by atoms with van der Waals surface area (Å²) in [6.07, 6.45) is 3.86. The van der Waals surface area contributed by atoms with E-state index in [1.165, 1.54) is 6.20 Å². The molecular formula is C22H33N5O4. The largest absolute Gasteiger partial charge is 0.444 e. The van der Waals surface area contributed by atoms with Crippen LogP contribution in [0.25, 0.3) is 0 Å². The van der Waals surface area contributed by atoms with Crippen LogP contribution in [0.15, 0.2) is 11.2 Å². The van der Waals surface area contributed by atoms with E-state index < -0.39 is 11.7 Å². The van der Waals surface area contributed by atoms with Gasteiger partial charge in [0.15, 0.2) is 5.82 Å². The lowest BCUT2D eigenvalue weighted by Gasteiger charge is -2.36. The van der Waals surface area contributed by atoms with E-state index in [9.17, 15) is 14.9 Å². The Hall–Kier alpha value is -2.71. The maximum absolute atomic E-state index is 12.2. The van der Waals surface area contributed by atoms with Crippen LogP contribution >= 0.6 is 0 Å². The molecule has 0 unspecified atom stereocenters. The summed E-state index contributed by atoms with van der Waals surface area (Å²) in [5.74, 6) is 0.569. The van der Waals surface area contributed by atoms with Crippen molar-refractivity contribution in [3.05, 3.63) is 21.9 Å². The molecule has 3 heterocycles. The second kappa shape index (κ2) is 8.43. The highest BCUT2D eigenvalue weighted by Gasteiger charge is 2.33. The fraction of sp³-hybridized carbons (Fsp3) is 0.682. The van der Waals surface area contributed by atoms with Gasteiger partial charge in [0, 0.05) is 35.8 Å². The van der Waals surface area contributed by atoms with Gasteiger partial charge in [0.25, 0.3) is 0 Å². The van der Waals surface area contributed by atoms with Crippen molar-refractivity contribution in [2.45, 2.75) is 78.9 Å². The first-order valence-electron chi connectivity index (χ1n) is 10.8. The predicted molar refractivity (Wildman–Crippen MR) is 120 cm³/mol. The minimum atomic E-state index is -0.579. The second-order valence-corrected chi connectivity index (χ2v) is 10.3. The third kappa shape index (κ3) is 5.51. The number of fused-ring (bicyclic) bond motifs is 1. The Morgan fingerprint density at radius 2 is 1.97 bits per heavy atom. The Morgan fingerprint density at radius 3 is 2.58 bits per heavy atom. The van der Waals surface area contributed by atoms with Crippen molar-refractivity contribution in [1.82, 2.24) is 10.3 Å². The Bertz CT molecular complexity index is 898. The zero-order valence-corrected chi connectivity index (χ0v) is 19.3. The van der Waals surface area contributed by atoms with Crippen LogP contribution in [0.5, 0.6) is 0 Å². The van der Waals surface area contributed by atoms with Gasteiger partial charge in [-0.3, -0.25) is 10.1 Å². The summed E-state index contributed by atoms with van der Waals surface area (Å²) in [4.78, 5) is 34.7. The van der Waals surface area contributed by atoms with Gasteiger partial charge in [0.2, 0.25) is 0 Å². The van der Waals surface area contributed by atoms with Gasteiger partial charge >= 0.3 is 11.8 Å². The topological polar surface area (TPSA) is 110 Å². The Kier molecular flexibility index (Phi) is 6.25. The van der Waals surface area contributed by atoms with Crippen LogP contribution in [-0.2, 0) is 11.2 Å².